The molecule has 0 amide bonds. The maximum Gasteiger partial charge on any atom is 0.142 e. The summed E-state index contributed by atoms with van der Waals surface area (Å²) >= 11 is 0. The molecule has 0 spiro atoms. The summed E-state index contributed by atoms with van der Waals surface area (Å²) in [7, 11) is 1.70. The molecular weight excluding hydrogens is 348 g/mol. The van der Waals surface area contributed by atoms with Crippen LogP contribution in [0.5, 0.6) is 5.75 Å². The van der Waals surface area contributed by atoms with Gasteiger partial charge in [-0.3, -0.25) is 0 Å². The zero-order valence-electron chi connectivity index (χ0n) is 16.8. The van der Waals surface area contributed by atoms with E-state index in [9.17, 15) is 0 Å². The van der Waals surface area contributed by atoms with Gasteiger partial charge in [-0.25, -0.2) is 0 Å². The fourth-order valence-electron chi connectivity index (χ4n) is 4.55. The Bertz CT molecular complexity index is 1180. The molecule has 0 bridgehead atoms. The highest BCUT2D eigenvalue weighted by molar-refractivity contribution is 5.96. The van der Waals surface area contributed by atoms with Gasteiger partial charge in [-0.05, 0) is 56.2 Å². The van der Waals surface area contributed by atoms with Crippen molar-refractivity contribution in [3.63, 3.8) is 0 Å². The molecule has 0 radical (unpaired) electrons. The third kappa shape index (κ3) is 2.42. The smallest absolute Gasteiger partial charge is 0.142 e. The largest absolute Gasteiger partial charge is 0.497 e. The number of methoxy groups -OCH3 is 1. The van der Waals surface area contributed by atoms with E-state index in [-0.39, 0.29) is 5.41 Å². The molecule has 28 heavy (non-hydrogen) atoms. The van der Waals surface area contributed by atoms with Crippen LogP contribution in [0.15, 0.2) is 57.4 Å². The van der Waals surface area contributed by atoms with Crippen molar-refractivity contribution >= 4 is 11.0 Å². The van der Waals surface area contributed by atoms with E-state index in [1.165, 1.54) is 16.7 Å². The number of aryl methyl sites for hydroxylation is 3. The Morgan fingerprint density at radius 2 is 1.75 bits per heavy atom. The van der Waals surface area contributed by atoms with Crippen molar-refractivity contribution in [2.24, 2.45) is 0 Å². The summed E-state index contributed by atoms with van der Waals surface area (Å²) in [5, 5.41) is 1.14. The van der Waals surface area contributed by atoms with Crippen molar-refractivity contribution in [3.05, 3.63) is 76.7 Å². The lowest BCUT2D eigenvalue weighted by Crippen LogP contribution is -2.23. The number of rotatable bonds is 2. The van der Waals surface area contributed by atoms with Crippen LogP contribution in [0.1, 0.15) is 41.6 Å². The van der Waals surface area contributed by atoms with Gasteiger partial charge in [-0.1, -0.05) is 30.7 Å². The molecule has 0 saturated heterocycles. The number of hydrogen-bond donors (Lipinski definition) is 0. The molecule has 0 aliphatic heterocycles. The van der Waals surface area contributed by atoms with Gasteiger partial charge in [0.05, 0.1) is 12.7 Å². The Morgan fingerprint density at radius 1 is 0.964 bits per heavy atom. The monoisotopic (exact) mass is 372 g/mol. The summed E-state index contributed by atoms with van der Waals surface area (Å²) < 4.78 is 17.9. The predicted molar refractivity (Wildman–Crippen MR) is 111 cm³/mol. The first-order chi connectivity index (χ1) is 13.5. The average molecular weight is 372 g/mol. The van der Waals surface area contributed by atoms with Gasteiger partial charge in [-0.2, -0.15) is 0 Å². The molecule has 1 unspecified atom stereocenters. The molecule has 1 atom stereocenters. The van der Waals surface area contributed by atoms with Gasteiger partial charge in [0.15, 0.2) is 0 Å². The summed E-state index contributed by atoms with van der Waals surface area (Å²) in [5.41, 5.74) is 5.63. The van der Waals surface area contributed by atoms with E-state index >= 15 is 0 Å². The lowest BCUT2D eigenvalue weighted by molar-refractivity contribution is 0.413. The zero-order valence-corrected chi connectivity index (χ0v) is 16.8. The number of ether oxygens (including phenoxy) is 1. The fourth-order valence-corrected chi connectivity index (χ4v) is 4.55. The molecule has 2 aromatic carbocycles. The van der Waals surface area contributed by atoms with E-state index in [4.69, 9.17) is 13.6 Å². The van der Waals surface area contributed by atoms with E-state index in [2.05, 4.69) is 50.2 Å². The minimum Gasteiger partial charge on any atom is -0.497 e. The Hall–Kier alpha value is -2.94. The van der Waals surface area contributed by atoms with Crippen molar-refractivity contribution in [2.45, 2.75) is 39.0 Å². The molecule has 1 aliphatic rings. The molecule has 3 nitrogen and oxygen atoms in total. The van der Waals surface area contributed by atoms with Gasteiger partial charge < -0.3 is 13.6 Å². The lowest BCUT2D eigenvalue weighted by Gasteiger charge is -2.29. The lowest BCUT2D eigenvalue weighted by atomic mass is 9.73. The normalized spacial score (nSPS) is 18.6. The van der Waals surface area contributed by atoms with E-state index < -0.39 is 0 Å². The molecule has 0 N–H and O–H groups in total. The molecule has 2 aromatic heterocycles. The minimum atomic E-state index is -0.156. The molecule has 5 rings (SSSR count). The van der Waals surface area contributed by atoms with Crippen molar-refractivity contribution in [2.75, 3.05) is 7.11 Å². The van der Waals surface area contributed by atoms with Gasteiger partial charge >= 0.3 is 0 Å². The van der Waals surface area contributed by atoms with Crippen LogP contribution in [0.25, 0.3) is 22.3 Å². The SMILES string of the molecule is COc1ccc(C2(C)CCc3oc4ccc(C)cc4c3-c3oc(C)cc32)cc1. The van der Waals surface area contributed by atoms with Gasteiger partial charge in [0.25, 0.3) is 0 Å². The Kier molecular flexibility index (Phi) is 3.70. The highest BCUT2D eigenvalue weighted by Gasteiger charge is 2.38. The number of benzene rings is 2. The van der Waals surface area contributed by atoms with Crippen molar-refractivity contribution in [1.82, 2.24) is 0 Å². The van der Waals surface area contributed by atoms with Crippen molar-refractivity contribution < 1.29 is 13.6 Å². The molecule has 142 valence electrons. The second-order valence-corrected chi connectivity index (χ2v) is 8.06. The molecule has 4 aromatic rings. The predicted octanol–water partition coefficient (Wildman–Crippen LogP) is 6.57. The van der Waals surface area contributed by atoms with Crippen LogP contribution in [-0.4, -0.2) is 7.11 Å². The second-order valence-electron chi connectivity index (χ2n) is 8.06. The van der Waals surface area contributed by atoms with Crippen LogP contribution in [-0.2, 0) is 11.8 Å². The van der Waals surface area contributed by atoms with Gasteiger partial charge in [-0.15, -0.1) is 0 Å². The van der Waals surface area contributed by atoms with Gasteiger partial charge in [0.1, 0.15) is 28.6 Å². The van der Waals surface area contributed by atoms with Crippen LogP contribution < -0.4 is 4.74 Å². The summed E-state index contributed by atoms with van der Waals surface area (Å²) in [6.45, 7) is 6.45. The van der Waals surface area contributed by atoms with Crippen molar-refractivity contribution in [3.8, 4) is 17.1 Å². The number of hydrogen-bond acceptors (Lipinski definition) is 3. The summed E-state index contributed by atoms with van der Waals surface area (Å²) in [6, 6.07) is 17.0. The molecule has 0 saturated carbocycles. The minimum absolute atomic E-state index is 0.156. The Balaban J connectivity index is 1.76. The fraction of sp³-hybridized carbons (Fsp3) is 0.280. The maximum atomic E-state index is 6.30. The Labute approximate surface area is 164 Å². The molecule has 1 aliphatic carbocycles. The first kappa shape index (κ1) is 17.2. The standard InChI is InChI=1S/C25H24O3/c1-15-5-10-21-19(13-15)23-22(28-21)11-12-25(3,20-14-16(2)27-24(20)23)17-6-8-18(26-4)9-7-17/h5-10,13-14H,11-12H2,1-4H3. The highest BCUT2D eigenvalue weighted by atomic mass is 16.5. The highest BCUT2D eigenvalue weighted by Crippen LogP contribution is 2.49. The van der Waals surface area contributed by atoms with Crippen LogP contribution in [0.2, 0.25) is 0 Å². The van der Waals surface area contributed by atoms with Gasteiger partial charge in [0.2, 0.25) is 0 Å². The summed E-state index contributed by atoms with van der Waals surface area (Å²) in [5.74, 6) is 3.78. The van der Waals surface area contributed by atoms with E-state index in [1.807, 2.05) is 19.1 Å². The summed E-state index contributed by atoms with van der Waals surface area (Å²) in [4.78, 5) is 0. The third-order valence-corrected chi connectivity index (χ3v) is 6.17. The number of furan rings is 2. The first-order valence-electron chi connectivity index (χ1n) is 9.77. The molecule has 2 heterocycles. The topological polar surface area (TPSA) is 35.5 Å². The van der Waals surface area contributed by atoms with E-state index in [0.29, 0.717) is 0 Å². The maximum absolute atomic E-state index is 6.30. The van der Waals surface area contributed by atoms with Crippen LogP contribution in [0, 0.1) is 13.8 Å². The third-order valence-electron chi connectivity index (χ3n) is 6.17. The zero-order chi connectivity index (χ0) is 19.5. The first-order valence-corrected chi connectivity index (χ1v) is 9.77. The van der Waals surface area contributed by atoms with E-state index in [1.54, 1.807) is 7.11 Å². The van der Waals surface area contributed by atoms with Gasteiger partial charge in [0, 0.05) is 22.8 Å². The summed E-state index contributed by atoms with van der Waals surface area (Å²) in [6.07, 6.45) is 1.83. The molecule has 0 fully saturated rings. The number of fused-ring (bicyclic) bond motifs is 5. The Morgan fingerprint density at radius 3 is 2.50 bits per heavy atom. The van der Waals surface area contributed by atoms with Crippen LogP contribution in [0.4, 0.5) is 0 Å². The second kappa shape index (κ2) is 6.03. The molecule has 3 heteroatoms. The van der Waals surface area contributed by atoms with Crippen LogP contribution in [0.3, 0.4) is 0 Å². The quantitative estimate of drug-likeness (QED) is 0.399. The van der Waals surface area contributed by atoms with Crippen LogP contribution >= 0.6 is 0 Å². The van der Waals surface area contributed by atoms with Crippen molar-refractivity contribution in [1.29, 1.82) is 0 Å². The average Bonchev–Trinajstić information content (AvgIpc) is 3.23. The molecular formula is C25H24O3. The van der Waals surface area contributed by atoms with E-state index in [0.717, 1.165) is 52.4 Å².